The molecule has 0 saturated heterocycles. The Labute approximate surface area is 124 Å². The third-order valence-electron chi connectivity index (χ3n) is 4.19. The van der Waals surface area contributed by atoms with Crippen LogP contribution in [0.3, 0.4) is 0 Å². The Balaban J connectivity index is 2.21. The van der Waals surface area contributed by atoms with Gasteiger partial charge >= 0.3 is 0 Å². The van der Waals surface area contributed by atoms with Crippen molar-refractivity contribution in [2.45, 2.75) is 31.1 Å². The van der Waals surface area contributed by atoms with Crippen LogP contribution >= 0.6 is 0 Å². The summed E-state index contributed by atoms with van der Waals surface area (Å²) in [6, 6.07) is 4.01. The van der Waals surface area contributed by atoms with Crippen LogP contribution in [-0.2, 0) is 9.84 Å². The van der Waals surface area contributed by atoms with Crippen LogP contribution in [0.1, 0.15) is 26.2 Å². The van der Waals surface area contributed by atoms with Crippen molar-refractivity contribution in [3.8, 4) is 0 Å². The second-order valence-electron chi connectivity index (χ2n) is 5.76. The number of nitrogens with zero attached hydrogens (tertiary/aromatic N) is 1. The van der Waals surface area contributed by atoms with Crippen LogP contribution in [0.2, 0.25) is 0 Å². The molecule has 0 spiro atoms. The number of nitro groups is 1. The first kappa shape index (κ1) is 15.8. The minimum atomic E-state index is -3.45. The number of anilines is 1. The summed E-state index contributed by atoms with van der Waals surface area (Å²) < 4.78 is 23.0. The molecule has 1 N–H and O–H groups in total. The first-order valence-corrected chi connectivity index (χ1v) is 8.90. The lowest BCUT2D eigenvalue weighted by atomic mass is 9.98. The van der Waals surface area contributed by atoms with E-state index in [1.807, 2.05) is 0 Å². The molecular formula is C14H20N2O4S. The quantitative estimate of drug-likeness (QED) is 0.667. The smallest absolute Gasteiger partial charge is 0.293 e. The highest BCUT2D eigenvalue weighted by atomic mass is 32.2. The van der Waals surface area contributed by atoms with Gasteiger partial charge in [0, 0.05) is 18.9 Å². The van der Waals surface area contributed by atoms with Crippen molar-refractivity contribution in [3.05, 3.63) is 28.3 Å². The Morgan fingerprint density at radius 1 is 1.38 bits per heavy atom. The highest BCUT2D eigenvalue weighted by molar-refractivity contribution is 7.90. The van der Waals surface area contributed by atoms with Gasteiger partial charge in [-0.15, -0.1) is 0 Å². The van der Waals surface area contributed by atoms with Crippen molar-refractivity contribution in [1.82, 2.24) is 0 Å². The molecule has 2 atom stereocenters. The summed E-state index contributed by atoms with van der Waals surface area (Å²) in [7, 11) is -3.45. The van der Waals surface area contributed by atoms with Gasteiger partial charge in [-0.2, -0.15) is 0 Å². The molecule has 1 saturated carbocycles. The van der Waals surface area contributed by atoms with Gasteiger partial charge in [0.25, 0.3) is 5.69 Å². The molecule has 7 heteroatoms. The zero-order valence-electron chi connectivity index (χ0n) is 12.2. The fraction of sp³-hybridized carbons (Fsp3) is 0.571. The summed E-state index contributed by atoms with van der Waals surface area (Å²) in [5, 5.41) is 14.2. The number of hydrogen-bond donors (Lipinski definition) is 1. The molecule has 2 unspecified atom stereocenters. The van der Waals surface area contributed by atoms with Crippen LogP contribution in [-0.4, -0.2) is 26.1 Å². The van der Waals surface area contributed by atoms with Crippen molar-refractivity contribution in [3.63, 3.8) is 0 Å². The lowest BCUT2D eigenvalue weighted by Gasteiger charge is -2.17. The van der Waals surface area contributed by atoms with Crippen LogP contribution < -0.4 is 5.32 Å². The van der Waals surface area contributed by atoms with Gasteiger partial charge in [-0.3, -0.25) is 10.1 Å². The number of nitrogens with one attached hydrogen (secondary N) is 1. The Kier molecular flexibility index (Phi) is 4.51. The maximum atomic E-state index is 11.5. The summed E-state index contributed by atoms with van der Waals surface area (Å²) in [6.07, 6.45) is 4.56. The molecule has 2 rings (SSSR count). The largest absolute Gasteiger partial charge is 0.379 e. The molecule has 0 aliphatic heterocycles. The third-order valence-corrected chi connectivity index (χ3v) is 5.30. The highest BCUT2D eigenvalue weighted by Gasteiger charge is 2.24. The van der Waals surface area contributed by atoms with Crippen LogP contribution in [0, 0.1) is 22.0 Å². The first-order chi connectivity index (χ1) is 9.79. The molecular weight excluding hydrogens is 292 g/mol. The molecule has 0 heterocycles. The molecule has 1 aromatic carbocycles. The average Bonchev–Trinajstić information content (AvgIpc) is 2.80. The monoisotopic (exact) mass is 312 g/mol. The van der Waals surface area contributed by atoms with Gasteiger partial charge in [0.15, 0.2) is 9.84 Å². The van der Waals surface area contributed by atoms with E-state index in [2.05, 4.69) is 12.2 Å². The van der Waals surface area contributed by atoms with Gasteiger partial charge in [0.05, 0.1) is 9.82 Å². The predicted octanol–water partition coefficient (Wildman–Crippen LogP) is 2.85. The maximum absolute atomic E-state index is 11.5. The first-order valence-electron chi connectivity index (χ1n) is 7.01. The lowest BCUT2D eigenvalue weighted by molar-refractivity contribution is -0.384. The van der Waals surface area contributed by atoms with Gasteiger partial charge in [-0.1, -0.05) is 19.8 Å². The van der Waals surface area contributed by atoms with E-state index in [1.165, 1.54) is 25.0 Å². The van der Waals surface area contributed by atoms with Gasteiger partial charge < -0.3 is 5.32 Å². The van der Waals surface area contributed by atoms with Crippen LogP contribution in [0.4, 0.5) is 11.4 Å². The molecule has 116 valence electrons. The summed E-state index contributed by atoms with van der Waals surface area (Å²) in [5.41, 5.74) is 0.190. The minimum absolute atomic E-state index is 0.0333. The zero-order valence-corrected chi connectivity index (χ0v) is 13.0. The Morgan fingerprint density at radius 2 is 2.10 bits per heavy atom. The fourth-order valence-corrected chi connectivity index (χ4v) is 3.45. The lowest BCUT2D eigenvalue weighted by Crippen LogP contribution is -2.17. The topological polar surface area (TPSA) is 89.3 Å². The van der Waals surface area contributed by atoms with Crippen molar-refractivity contribution >= 4 is 21.2 Å². The molecule has 0 radical (unpaired) electrons. The third kappa shape index (κ3) is 3.72. The highest BCUT2D eigenvalue weighted by Crippen LogP contribution is 2.33. The van der Waals surface area contributed by atoms with Crippen molar-refractivity contribution in [2.75, 3.05) is 18.1 Å². The fourth-order valence-electron chi connectivity index (χ4n) is 2.81. The van der Waals surface area contributed by atoms with E-state index in [1.54, 1.807) is 0 Å². The summed E-state index contributed by atoms with van der Waals surface area (Å²) in [5.74, 6) is 1.13. The SMILES string of the molecule is CC1CCCC1CNc1ccc(S(C)(=O)=O)cc1[N+](=O)[O-]. The second-order valence-corrected chi connectivity index (χ2v) is 7.77. The molecule has 0 bridgehead atoms. The average molecular weight is 312 g/mol. The minimum Gasteiger partial charge on any atom is -0.379 e. The van der Waals surface area contributed by atoms with E-state index in [-0.39, 0.29) is 10.6 Å². The van der Waals surface area contributed by atoms with Gasteiger partial charge in [-0.25, -0.2) is 8.42 Å². The number of hydrogen-bond acceptors (Lipinski definition) is 5. The van der Waals surface area contributed by atoms with Gasteiger partial charge in [0.1, 0.15) is 5.69 Å². The zero-order chi connectivity index (χ0) is 15.6. The standard InChI is InChI=1S/C14H20N2O4S/c1-10-4-3-5-11(10)9-15-13-7-6-12(21(2,19)20)8-14(13)16(17)18/h6-8,10-11,15H,3-5,9H2,1-2H3. The Morgan fingerprint density at radius 3 is 2.62 bits per heavy atom. The van der Waals surface area contributed by atoms with E-state index in [0.29, 0.717) is 24.1 Å². The van der Waals surface area contributed by atoms with E-state index in [9.17, 15) is 18.5 Å². The Hall–Kier alpha value is -1.63. The number of benzene rings is 1. The molecule has 1 fully saturated rings. The molecule has 1 aromatic rings. The number of rotatable bonds is 5. The van der Waals surface area contributed by atoms with Crippen LogP contribution in [0.15, 0.2) is 23.1 Å². The maximum Gasteiger partial charge on any atom is 0.293 e. The second kappa shape index (κ2) is 6.01. The van der Waals surface area contributed by atoms with E-state index >= 15 is 0 Å². The molecule has 1 aliphatic rings. The van der Waals surface area contributed by atoms with Gasteiger partial charge in [0.2, 0.25) is 0 Å². The van der Waals surface area contributed by atoms with Crippen molar-refractivity contribution in [1.29, 1.82) is 0 Å². The summed E-state index contributed by atoms with van der Waals surface area (Å²) in [4.78, 5) is 10.6. The molecule has 0 amide bonds. The molecule has 6 nitrogen and oxygen atoms in total. The number of sulfone groups is 1. The van der Waals surface area contributed by atoms with Crippen LogP contribution in [0.5, 0.6) is 0 Å². The number of nitro benzene ring substituents is 1. The molecule has 21 heavy (non-hydrogen) atoms. The van der Waals surface area contributed by atoms with E-state index in [4.69, 9.17) is 0 Å². The van der Waals surface area contributed by atoms with E-state index in [0.717, 1.165) is 18.7 Å². The van der Waals surface area contributed by atoms with Crippen LogP contribution in [0.25, 0.3) is 0 Å². The molecule has 1 aliphatic carbocycles. The van der Waals surface area contributed by atoms with Gasteiger partial charge in [-0.05, 0) is 30.4 Å². The van der Waals surface area contributed by atoms with Crippen molar-refractivity contribution in [2.24, 2.45) is 11.8 Å². The summed E-state index contributed by atoms with van der Waals surface area (Å²) in [6.45, 7) is 2.88. The normalized spacial score (nSPS) is 22.2. The molecule has 0 aromatic heterocycles. The predicted molar refractivity (Wildman–Crippen MR) is 81.2 cm³/mol. The van der Waals surface area contributed by atoms with E-state index < -0.39 is 14.8 Å². The summed E-state index contributed by atoms with van der Waals surface area (Å²) >= 11 is 0. The Bertz CT molecular complexity index is 642. The van der Waals surface area contributed by atoms with Crippen molar-refractivity contribution < 1.29 is 13.3 Å².